The van der Waals surface area contributed by atoms with Crippen molar-refractivity contribution in [3.8, 4) is 5.00 Å². The molecule has 12 heteroatoms. The summed E-state index contributed by atoms with van der Waals surface area (Å²) < 4.78 is 32.3. The number of esters is 1. The molecule has 2 aromatic rings. The van der Waals surface area contributed by atoms with Crippen LogP contribution in [0, 0.1) is 0 Å². The summed E-state index contributed by atoms with van der Waals surface area (Å²) in [5, 5.41) is 6.91. The average molecular weight is 457 g/mol. The molecule has 10 nitrogen and oxygen atoms in total. The average Bonchev–Trinajstić information content (AvgIpc) is 3.30. The standard InChI is InChI=1S/C18H24N4O6S2/c1-3-28-16(24)11-14(23)12-21-18(25)22(15-5-4-10-29-15)17(19-21)13-6-8-20(9-7-13)30(2,26)27/h4-5,10,13H,3,6-9,11-12H2,1-2H3. The largest absolute Gasteiger partial charge is 0.466 e. The zero-order chi connectivity index (χ0) is 21.9. The molecule has 1 aliphatic heterocycles. The number of carbonyl (C=O) groups is 2. The lowest BCUT2D eigenvalue weighted by atomic mass is 9.97. The molecule has 3 heterocycles. The minimum absolute atomic E-state index is 0.126. The predicted octanol–water partition coefficient (Wildman–Crippen LogP) is 0.757. The Bertz CT molecular complexity index is 1060. The van der Waals surface area contributed by atoms with E-state index in [1.165, 1.54) is 26.5 Å². The van der Waals surface area contributed by atoms with Crippen molar-refractivity contribution < 1.29 is 22.7 Å². The van der Waals surface area contributed by atoms with Crippen LogP contribution in [0.2, 0.25) is 0 Å². The topological polar surface area (TPSA) is 121 Å². The molecular formula is C18H24N4O6S2. The first-order valence-electron chi connectivity index (χ1n) is 9.56. The molecule has 3 rings (SSSR count). The second-order valence-corrected chi connectivity index (χ2v) is 9.95. The monoisotopic (exact) mass is 456 g/mol. The van der Waals surface area contributed by atoms with Gasteiger partial charge in [0, 0.05) is 19.0 Å². The minimum Gasteiger partial charge on any atom is -0.466 e. The van der Waals surface area contributed by atoms with Crippen LogP contribution in [0.15, 0.2) is 22.3 Å². The van der Waals surface area contributed by atoms with Crippen LogP contribution < -0.4 is 5.69 Å². The summed E-state index contributed by atoms with van der Waals surface area (Å²) in [6.45, 7) is 2.19. The smallest absolute Gasteiger partial charge is 0.351 e. The van der Waals surface area contributed by atoms with Gasteiger partial charge in [0.2, 0.25) is 10.0 Å². The van der Waals surface area contributed by atoms with E-state index in [9.17, 15) is 22.8 Å². The summed E-state index contributed by atoms with van der Waals surface area (Å²) in [6, 6.07) is 3.60. The van der Waals surface area contributed by atoms with Crippen LogP contribution in [0.1, 0.15) is 37.9 Å². The van der Waals surface area contributed by atoms with Gasteiger partial charge >= 0.3 is 11.7 Å². The molecule has 164 valence electrons. The Balaban J connectivity index is 1.86. The van der Waals surface area contributed by atoms with Gasteiger partial charge in [0.05, 0.1) is 12.9 Å². The van der Waals surface area contributed by atoms with Crippen molar-refractivity contribution in [3.05, 3.63) is 33.8 Å². The van der Waals surface area contributed by atoms with E-state index in [4.69, 9.17) is 4.74 Å². The van der Waals surface area contributed by atoms with Gasteiger partial charge in [0.1, 0.15) is 23.8 Å². The number of Topliss-reactive ketones (excluding diaryl/α,β-unsaturated/α-hetero) is 1. The minimum atomic E-state index is -3.27. The van der Waals surface area contributed by atoms with Crippen molar-refractivity contribution >= 4 is 33.1 Å². The summed E-state index contributed by atoms with van der Waals surface area (Å²) in [7, 11) is -3.27. The zero-order valence-electron chi connectivity index (χ0n) is 16.8. The molecule has 0 aliphatic carbocycles. The molecule has 0 aromatic carbocycles. The second-order valence-electron chi connectivity index (χ2n) is 7.04. The molecule has 0 amide bonds. The third-order valence-electron chi connectivity index (χ3n) is 4.85. The number of rotatable bonds is 8. The SMILES string of the molecule is CCOC(=O)CC(=O)Cn1nc(C2CCN(S(C)(=O)=O)CC2)n(-c2cccs2)c1=O. The van der Waals surface area contributed by atoms with Crippen LogP contribution in [0.3, 0.4) is 0 Å². The van der Waals surface area contributed by atoms with E-state index >= 15 is 0 Å². The first-order chi connectivity index (χ1) is 14.2. The number of ketones is 1. The number of hydrogen-bond acceptors (Lipinski definition) is 8. The van der Waals surface area contributed by atoms with Crippen molar-refractivity contribution in [1.82, 2.24) is 18.7 Å². The summed E-state index contributed by atoms with van der Waals surface area (Å²) in [5.41, 5.74) is -0.463. The van der Waals surface area contributed by atoms with E-state index in [-0.39, 0.29) is 19.1 Å². The highest BCUT2D eigenvalue weighted by molar-refractivity contribution is 7.88. The van der Waals surface area contributed by atoms with Crippen LogP contribution in [0.5, 0.6) is 0 Å². The molecule has 1 fully saturated rings. The summed E-state index contributed by atoms with van der Waals surface area (Å²) >= 11 is 1.37. The van der Waals surface area contributed by atoms with Gasteiger partial charge in [0.25, 0.3) is 0 Å². The van der Waals surface area contributed by atoms with Crippen molar-refractivity contribution in [2.45, 2.75) is 38.6 Å². The number of aromatic nitrogens is 3. The molecule has 1 saturated heterocycles. The van der Waals surface area contributed by atoms with Gasteiger partial charge in [-0.25, -0.2) is 26.8 Å². The van der Waals surface area contributed by atoms with Gasteiger partial charge in [-0.1, -0.05) is 0 Å². The number of hydrogen-bond donors (Lipinski definition) is 0. The summed E-state index contributed by atoms with van der Waals surface area (Å²) in [4.78, 5) is 36.7. The van der Waals surface area contributed by atoms with Crippen LogP contribution >= 0.6 is 11.3 Å². The van der Waals surface area contributed by atoms with Crippen LogP contribution in [-0.2, 0) is 30.9 Å². The fourth-order valence-corrected chi connectivity index (χ4v) is 5.04. The Kier molecular flexibility index (Phi) is 6.88. The number of ether oxygens (including phenoxy) is 1. The van der Waals surface area contributed by atoms with Gasteiger partial charge in [0.15, 0.2) is 5.78 Å². The third-order valence-corrected chi connectivity index (χ3v) is 7.01. The quantitative estimate of drug-likeness (QED) is 0.425. The molecule has 1 aliphatic rings. The van der Waals surface area contributed by atoms with Gasteiger partial charge in [-0.15, -0.1) is 11.3 Å². The number of carbonyl (C=O) groups excluding carboxylic acids is 2. The fourth-order valence-electron chi connectivity index (χ4n) is 3.44. The molecule has 0 spiro atoms. The van der Waals surface area contributed by atoms with Crippen LogP contribution in [-0.4, -0.2) is 64.8 Å². The molecular weight excluding hydrogens is 432 g/mol. The predicted molar refractivity (Wildman–Crippen MR) is 110 cm³/mol. The first kappa shape index (κ1) is 22.4. The molecule has 0 bridgehead atoms. The second kappa shape index (κ2) is 9.23. The fraction of sp³-hybridized carbons (Fsp3) is 0.556. The van der Waals surface area contributed by atoms with Crippen molar-refractivity contribution in [2.75, 3.05) is 26.0 Å². The Morgan fingerprint density at radius 1 is 1.30 bits per heavy atom. The first-order valence-corrected chi connectivity index (χ1v) is 12.3. The maximum Gasteiger partial charge on any atom is 0.351 e. The molecule has 0 radical (unpaired) electrons. The Hall–Kier alpha value is -2.31. The number of piperidine rings is 1. The Labute approximate surface area is 178 Å². The van der Waals surface area contributed by atoms with Crippen molar-refractivity contribution in [1.29, 1.82) is 0 Å². The number of thiophene rings is 1. The summed E-state index contributed by atoms with van der Waals surface area (Å²) in [6.07, 6.45) is 1.80. The van der Waals surface area contributed by atoms with Crippen molar-refractivity contribution in [2.24, 2.45) is 0 Å². The Morgan fingerprint density at radius 3 is 2.57 bits per heavy atom. The number of nitrogens with zero attached hydrogens (tertiary/aromatic N) is 4. The maximum absolute atomic E-state index is 13.0. The molecule has 0 atom stereocenters. The lowest BCUT2D eigenvalue weighted by Crippen LogP contribution is -2.37. The molecule has 2 aromatic heterocycles. The van der Waals surface area contributed by atoms with Gasteiger partial charge in [-0.3, -0.25) is 9.59 Å². The van der Waals surface area contributed by atoms with Gasteiger partial charge < -0.3 is 4.74 Å². The molecule has 0 unspecified atom stereocenters. The third kappa shape index (κ3) is 5.05. The molecule has 0 N–H and O–H groups in total. The van der Waals surface area contributed by atoms with Gasteiger partial charge in [-0.2, -0.15) is 5.10 Å². The van der Waals surface area contributed by atoms with E-state index in [2.05, 4.69) is 5.10 Å². The highest BCUT2D eigenvalue weighted by Crippen LogP contribution is 2.29. The molecule has 30 heavy (non-hydrogen) atoms. The van der Waals surface area contributed by atoms with Crippen molar-refractivity contribution in [3.63, 3.8) is 0 Å². The highest BCUT2D eigenvalue weighted by Gasteiger charge is 2.31. The Morgan fingerprint density at radius 2 is 2.00 bits per heavy atom. The normalized spacial score (nSPS) is 15.9. The van der Waals surface area contributed by atoms with E-state index in [0.29, 0.717) is 36.8 Å². The van der Waals surface area contributed by atoms with E-state index in [1.54, 1.807) is 13.0 Å². The van der Waals surface area contributed by atoms with Crippen LogP contribution in [0.25, 0.3) is 5.00 Å². The highest BCUT2D eigenvalue weighted by atomic mass is 32.2. The van der Waals surface area contributed by atoms with E-state index < -0.39 is 33.9 Å². The van der Waals surface area contributed by atoms with E-state index in [1.807, 2.05) is 11.4 Å². The maximum atomic E-state index is 13.0. The van der Waals surface area contributed by atoms with Gasteiger partial charge in [-0.05, 0) is 37.3 Å². The summed E-state index contributed by atoms with van der Waals surface area (Å²) in [5.74, 6) is -0.731. The zero-order valence-corrected chi connectivity index (χ0v) is 18.4. The van der Waals surface area contributed by atoms with E-state index in [0.717, 1.165) is 4.68 Å². The molecule has 0 saturated carbocycles. The number of sulfonamides is 1. The van der Waals surface area contributed by atoms with Crippen LogP contribution in [0.4, 0.5) is 0 Å². The lowest BCUT2D eigenvalue weighted by molar-refractivity contribution is -0.145. The lowest BCUT2D eigenvalue weighted by Gasteiger charge is -2.29.